The average Bonchev–Trinajstić information content (AvgIpc) is 3.30. The van der Waals surface area contributed by atoms with Gasteiger partial charge in [-0.25, -0.2) is 4.99 Å². The van der Waals surface area contributed by atoms with Crippen molar-refractivity contribution in [1.29, 1.82) is 0 Å². The van der Waals surface area contributed by atoms with Crippen LogP contribution in [0.3, 0.4) is 0 Å². The summed E-state index contributed by atoms with van der Waals surface area (Å²) in [6.45, 7) is 8.07. The van der Waals surface area contributed by atoms with Crippen LogP contribution in [0.5, 0.6) is 0 Å². The Morgan fingerprint density at radius 2 is 1.97 bits per heavy atom. The number of hydrogen-bond acceptors (Lipinski definition) is 4. The molecule has 0 bridgehead atoms. The lowest BCUT2D eigenvalue weighted by molar-refractivity contribution is 0.0948. The summed E-state index contributed by atoms with van der Waals surface area (Å²) in [7, 11) is 0. The molecule has 7 heteroatoms. The number of guanidine groups is 1. The van der Waals surface area contributed by atoms with Crippen LogP contribution in [0.25, 0.3) is 0 Å². The predicted octanol–water partition coefficient (Wildman–Crippen LogP) is 2.75. The van der Waals surface area contributed by atoms with E-state index in [-0.39, 0.29) is 5.91 Å². The van der Waals surface area contributed by atoms with E-state index >= 15 is 0 Å². The minimum Gasteiger partial charge on any atom is -0.467 e. The van der Waals surface area contributed by atoms with Crippen molar-refractivity contribution < 1.29 is 9.21 Å². The van der Waals surface area contributed by atoms with Crippen LogP contribution in [0.4, 0.5) is 0 Å². The van der Waals surface area contributed by atoms with Crippen LogP contribution in [-0.2, 0) is 13.1 Å². The number of amides is 1. The van der Waals surface area contributed by atoms with Crippen molar-refractivity contribution in [2.24, 2.45) is 4.99 Å². The topological polar surface area (TPSA) is 81.9 Å². The van der Waals surface area contributed by atoms with E-state index in [0.717, 1.165) is 36.9 Å². The Labute approximate surface area is 178 Å². The predicted molar refractivity (Wildman–Crippen MR) is 119 cm³/mol. The van der Waals surface area contributed by atoms with E-state index in [1.54, 1.807) is 6.26 Å². The van der Waals surface area contributed by atoms with Crippen molar-refractivity contribution in [2.75, 3.05) is 32.7 Å². The van der Waals surface area contributed by atoms with Gasteiger partial charge < -0.3 is 25.3 Å². The van der Waals surface area contributed by atoms with Gasteiger partial charge in [-0.2, -0.15) is 0 Å². The average molecular weight is 412 g/mol. The van der Waals surface area contributed by atoms with Gasteiger partial charge in [0, 0.05) is 25.2 Å². The summed E-state index contributed by atoms with van der Waals surface area (Å²) >= 11 is 0. The molecule has 0 atom stereocenters. The monoisotopic (exact) mass is 411 g/mol. The number of nitrogens with one attached hydrogen (secondary N) is 3. The molecule has 2 heterocycles. The molecule has 3 rings (SSSR count). The molecule has 7 nitrogen and oxygen atoms in total. The van der Waals surface area contributed by atoms with Gasteiger partial charge in [-0.1, -0.05) is 18.6 Å². The molecule has 1 amide bonds. The normalized spacial score (nSPS) is 15.0. The van der Waals surface area contributed by atoms with Gasteiger partial charge in [-0.05, 0) is 62.7 Å². The molecule has 1 aliphatic rings. The van der Waals surface area contributed by atoms with E-state index in [4.69, 9.17) is 4.42 Å². The third kappa shape index (κ3) is 7.22. The first kappa shape index (κ1) is 21.9. The fourth-order valence-corrected chi connectivity index (χ4v) is 3.52. The van der Waals surface area contributed by atoms with E-state index < -0.39 is 0 Å². The minimum atomic E-state index is -0.121. The summed E-state index contributed by atoms with van der Waals surface area (Å²) in [4.78, 5) is 19.6. The number of nitrogens with zero attached hydrogens (tertiary/aromatic N) is 2. The standard InChI is InChI=1S/C23H33N5O2/c1-2-24-23(25-11-14-28-12-4-3-5-13-28)27-17-19-8-6-9-20(16-19)22(29)26-18-21-10-7-15-30-21/h6-10,15-16H,2-5,11-14,17-18H2,1H3,(H,26,29)(H2,24,25,27). The van der Waals surface area contributed by atoms with Crippen molar-refractivity contribution >= 4 is 11.9 Å². The molecular formula is C23H33N5O2. The Bertz CT molecular complexity index is 798. The van der Waals surface area contributed by atoms with Crippen LogP contribution < -0.4 is 16.0 Å². The number of aliphatic imine (C=N–C) groups is 1. The smallest absolute Gasteiger partial charge is 0.251 e. The van der Waals surface area contributed by atoms with Crippen LogP contribution in [0.1, 0.15) is 47.9 Å². The second-order valence-corrected chi connectivity index (χ2v) is 7.49. The van der Waals surface area contributed by atoms with Crippen molar-refractivity contribution in [3.05, 3.63) is 59.5 Å². The van der Waals surface area contributed by atoms with Gasteiger partial charge in [0.15, 0.2) is 5.96 Å². The largest absolute Gasteiger partial charge is 0.467 e. The summed E-state index contributed by atoms with van der Waals surface area (Å²) in [5.74, 6) is 1.42. The quantitative estimate of drug-likeness (QED) is 0.437. The highest BCUT2D eigenvalue weighted by atomic mass is 16.3. The van der Waals surface area contributed by atoms with Crippen LogP contribution in [0, 0.1) is 0 Å². The number of likely N-dealkylation sites (tertiary alicyclic amines) is 1. The Hall–Kier alpha value is -2.80. The first-order valence-electron chi connectivity index (χ1n) is 10.9. The zero-order chi connectivity index (χ0) is 21.0. The highest BCUT2D eigenvalue weighted by Crippen LogP contribution is 2.09. The van der Waals surface area contributed by atoms with Gasteiger partial charge in [0.25, 0.3) is 5.91 Å². The second-order valence-electron chi connectivity index (χ2n) is 7.49. The molecular weight excluding hydrogens is 378 g/mol. The molecule has 30 heavy (non-hydrogen) atoms. The maximum absolute atomic E-state index is 12.4. The first-order chi connectivity index (χ1) is 14.7. The lowest BCUT2D eigenvalue weighted by Crippen LogP contribution is -2.42. The van der Waals surface area contributed by atoms with E-state index in [0.29, 0.717) is 18.7 Å². The Balaban J connectivity index is 1.50. The zero-order valence-corrected chi connectivity index (χ0v) is 17.8. The minimum absolute atomic E-state index is 0.121. The fourth-order valence-electron chi connectivity index (χ4n) is 3.52. The van der Waals surface area contributed by atoms with Gasteiger partial charge >= 0.3 is 0 Å². The van der Waals surface area contributed by atoms with Crippen LogP contribution >= 0.6 is 0 Å². The van der Waals surface area contributed by atoms with Gasteiger partial charge in [-0.15, -0.1) is 0 Å². The Morgan fingerprint density at radius 3 is 2.73 bits per heavy atom. The van der Waals surface area contributed by atoms with Crippen molar-refractivity contribution in [2.45, 2.75) is 39.3 Å². The lowest BCUT2D eigenvalue weighted by atomic mass is 10.1. The van der Waals surface area contributed by atoms with Crippen LogP contribution in [0.2, 0.25) is 0 Å². The Kier molecular flexibility index (Phi) is 8.78. The fraction of sp³-hybridized carbons (Fsp3) is 0.478. The Morgan fingerprint density at radius 1 is 1.10 bits per heavy atom. The first-order valence-corrected chi connectivity index (χ1v) is 10.9. The molecule has 0 spiro atoms. The third-order valence-corrected chi connectivity index (χ3v) is 5.13. The van der Waals surface area contributed by atoms with E-state index in [1.165, 1.54) is 32.4 Å². The SMILES string of the molecule is CCNC(=NCc1cccc(C(=O)NCc2ccco2)c1)NCCN1CCCCC1. The number of furan rings is 1. The number of carbonyl (C=O) groups excluding carboxylic acids is 1. The molecule has 3 N–H and O–H groups in total. The third-order valence-electron chi connectivity index (χ3n) is 5.13. The molecule has 1 fully saturated rings. The summed E-state index contributed by atoms with van der Waals surface area (Å²) in [6.07, 6.45) is 5.57. The molecule has 2 aromatic rings. The second kappa shape index (κ2) is 12.0. The lowest BCUT2D eigenvalue weighted by Gasteiger charge is -2.26. The molecule has 0 radical (unpaired) electrons. The number of carbonyl (C=O) groups is 1. The molecule has 0 aliphatic carbocycles. The molecule has 1 saturated heterocycles. The summed E-state index contributed by atoms with van der Waals surface area (Å²) < 4.78 is 5.25. The van der Waals surface area contributed by atoms with Gasteiger partial charge in [0.2, 0.25) is 0 Å². The van der Waals surface area contributed by atoms with Crippen molar-refractivity contribution in [3.8, 4) is 0 Å². The van der Waals surface area contributed by atoms with E-state index in [1.807, 2.05) is 36.4 Å². The highest BCUT2D eigenvalue weighted by molar-refractivity contribution is 5.94. The number of benzene rings is 1. The molecule has 1 aromatic heterocycles. The summed E-state index contributed by atoms with van der Waals surface area (Å²) in [5, 5.41) is 9.59. The zero-order valence-electron chi connectivity index (χ0n) is 17.8. The van der Waals surface area contributed by atoms with E-state index in [9.17, 15) is 4.79 Å². The molecule has 1 aromatic carbocycles. The number of piperidine rings is 1. The summed E-state index contributed by atoms with van der Waals surface area (Å²) in [6, 6.07) is 11.2. The maximum atomic E-state index is 12.4. The molecule has 0 unspecified atom stereocenters. The van der Waals surface area contributed by atoms with Gasteiger partial charge in [0.1, 0.15) is 5.76 Å². The van der Waals surface area contributed by atoms with Crippen LogP contribution in [0.15, 0.2) is 52.1 Å². The van der Waals surface area contributed by atoms with Gasteiger partial charge in [0.05, 0.1) is 19.4 Å². The maximum Gasteiger partial charge on any atom is 0.251 e. The van der Waals surface area contributed by atoms with Crippen molar-refractivity contribution in [3.63, 3.8) is 0 Å². The molecule has 1 aliphatic heterocycles. The van der Waals surface area contributed by atoms with Crippen molar-refractivity contribution in [1.82, 2.24) is 20.9 Å². The van der Waals surface area contributed by atoms with Crippen LogP contribution in [-0.4, -0.2) is 49.5 Å². The molecule has 0 saturated carbocycles. The molecule has 162 valence electrons. The number of hydrogen-bond donors (Lipinski definition) is 3. The highest BCUT2D eigenvalue weighted by Gasteiger charge is 2.10. The number of rotatable bonds is 9. The summed E-state index contributed by atoms with van der Waals surface area (Å²) in [5.41, 5.74) is 1.62. The van der Waals surface area contributed by atoms with E-state index in [2.05, 4.69) is 32.8 Å². The van der Waals surface area contributed by atoms with Gasteiger partial charge in [-0.3, -0.25) is 4.79 Å².